The second-order valence-corrected chi connectivity index (χ2v) is 4.72. The Morgan fingerprint density at radius 1 is 1.23 bits per heavy atom. The lowest BCUT2D eigenvalue weighted by molar-refractivity contribution is 0.0953. The van der Waals surface area contributed by atoms with Crippen molar-refractivity contribution >= 4 is 11.9 Å². The Bertz CT molecular complexity index is 614. The molecule has 0 radical (unpaired) electrons. The number of nitrogens with zero attached hydrogens (tertiary/aromatic N) is 2. The van der Waals surface area contributed by atoms with Crippen LogP contribution in [0.2, 0.25) is 0 Å². The average molecular weight is 300 g/mol. The summed E-state index contributed by atoms with van der Waals surface area (Å²) in [7, 11) is 1.64. The van der Waals surface area contributed by atoms with E-state index in [0.29, 0.717) is 24.6 Å². The molecule has 1 aromatic heterocycles. The molecule has 0 saturated heterocycles. The van der Waals surface area contributed by atoms with Crippen LogP contribution >= 0.6 is 0 Å². The fraction of sp³-hybridized carbons (Fsp3) is 0.312. The van der Waals surface area contributed by atoms with Crippen molar-refractivity contribution < 1.29 is 9.53 Å². The number of para-hydroxylation sites is 1. The quantitative estimate of drug-likeness (QED) is 0.820. The number of anilines is 1. The second kappa shape index (κ2) is 7.97. The predicted octanol–water partition coefficient (Wildman–Crippen LogP) is 2.24. The van der Waals surface area contributed by atoms with Gasteiger partial charge in [0.15, 0.2) is 0 Å². The number of amides is 1. The van der Waals surface area contributed by atoms with E-state index in [0.717, 1.165) is 17.7 Å². The summed E-state index contributed by atoms with van der Waals surface area (Å²) >= 11 is 0. The fourth-order valence-corrected chi connectivity index (χ4v) is 1.90. The number of benzene rings is 1. The van der Waals surface area contributed by atoms with Gasteiger partial charge >= 0.3 is 0 Å². The third kappa shape index (κ3) is 4.18. The minimum Gasteiger partial charge on any atom is -0.496 e. The molecule has 116 valence electrons. The van der Waals surface area contributed by atoms with Gasteiger partial charge in [-0.1, -0.05) is 25.1 Å². The zero-order chi connectivity index (χ0) is 15.8. The van der Waals surface area contributed by atoms with E-state index in [9.17, 15) is 4.79 Å². The number of aromatic nitrogens is 2. The molecule has 0 atom stereocenters. The van der Waals surface area contributed by atoms with E-state index in [-0.39, 0.29) is 5.91 Å². The molecule has 22 heavy (non-hydrogen) atoms. The molecule has 0 saturated carbocycles. The molecule has 0 aliphatic carbocycles. The van der Waals surface area contributed by atoms with Gasteiger partial charge < -0.3 is 15.4 Å². The molecule has 0 aliphatic rings. The molecular formula is C16H20N4O2. The Morgan fingerprint density at radius 3 is 2.64 bits per heavy atom. The topological polar surface area (TPSA) is 76.1 Å². The average Bonchev–Trinajstić information content (AvgIpc) is 2.58. The van der Waals surface area contributed by atoms with E-state index < -0.39 is 0 Å². The molecule has 2 N–H and O–H groups in total. The van der Waals surface area contributed by atoms with Gasteiger partial charge in [-0.15, -0.1) is 0 Å². The number of hydrogen-bond acceptors (Lipinski definition) is 5. The van der Waals surface area contributed by atoms with Crippen LogP contribution in [0.25, 0.3) is 0 Å². The lowest BCUT2D eigenvalue weighted by Crippen LogP contribution is -2.24. The van der Waals surface area contributed by atoms with Crippen molar-refractivity contribution in [2.75, 3.05) is 19.0 Å². The highest BCUT2D eigenvalue weighted by Crippen LogP contribution is 2.17. The van der Waals surface area contributed by atoms with Crippen molar-refractivity contribution in [3.05, 3.63) is 47.8 Å². The zero-order valence-electron chi connectivity index (χ0n) is 12.8. The van der Waals surface area contributed by atoms with Crippen molar-refractivity contribution in [1.29, 1.82) is 0 Å². The van der Waals surface area contributed by atoms with Gasteiger partial charge in [0.25, 0.3) is 5.91 Å². The van der Waals surface area contributed by atoms with E-state index in [2.05, 4.69) is 20.6 Å². The van der Waals surface area contributed by atoms with E-state index in [4.69, 9.17) is 4.74 Å². The monoisotopic (exact) mass is 300 g/mol. The maximum Gasteiger partial charge on any atom is 0.254 e. The van der Waals surface area contributed by atoms with Gasteiger partial charge in [-0.25, -0.2) is 9.97 Å². The van der Waals surface area contributed by atoms with Crippen LogP contribution in [0.15, 0.2) is 36.7 Å². The Balaban J connectivity index is 1.95. The van der Waals surface area contributed by atoms with Crippen LogP contribution in [0, 0.1) is 0 Å². The third-order valence-corrected chi connectivity index (χ3v) is 3.08. The summed E-state index contributed by atoms with van der Waals surface area (Å²) in [6, 6.07) is 7.74. The van der Waals surface area contributed by atoms with Gasteiger partial charge in [0.1, 0.15) is 5.75 Å². The van der Waals surface area contributed by atoms with Crippen LogP contribution in [0.5, 0.6) is 5.75 Å². The summed E-state index contributed by atoms with van der Waals surface area (Å²) in [4.78, 5) is 20.1. The number of hydrogen-bond donors (Lipinski definition) is 2. The number of rotatable bonds is 7. The third-order valence-electron chi connectivity index (χ3n) is 3.08. The first-order valence-electron chi connectivity index (χ1n) is 7.20. The smallest absolute Gasteiger partial charge is 0.254 e. The highest BCUT2D eigenvalue weighted by Gasteiger charge is 2.07. The lowest BCUT2D eigenvalue weighted by Gasteiger charge is -2.09. The van der Waals surface area contributed by atoms with Gasteiger partial charge in [-0.3, -0.25) is 4.79 Å². The van der Waals surface area contributed by atoms with Crippen LogP contribution in [-0.4, -0.2) is 29.5 Å². The Kier molecular flexibility index (Phi) is 5.71. The maximum atomic E-state index is 11.7. The first-order valence-corrected chi connectivity index (χ1v) is 7.20. The molecule has 2 rings (SSSR count). The molecule has 0 fully saturated rings. The lowest BCUT2D eigenvalue weighted by atomic mass is 10.2. The summed E-state index contributed by atoms with van der Waals surface area (Å²) in [5, 5.41) is 5.90. The summed E-state index contributed by atoms with van der Waals surface area (Å²) < 4.78 is 5.29. The van der Waals surface area contributed by atoms with Gasteiger partial charge in [0.05, 0.1) is 12.7 Å². The molecule has 1 aromatic carbocycles. The molecule has 6 heteroatoms. The first-order chi connectivity index (χ1) is 10.7. The highest BCUT2D eigenvalue weighted by atomic mass is 16.5. The van der Waals surface area contributed by atoms with Crippen molar-refractivity contribution in [3.8, 4) is 5.75 Å². The van der Waals surface area contributed by atoms with Gasteiger partial charge in [-0.2, -0.15) is 0 Å². The van der Waals surface area contributed by atoms with E-state index in [1.807, 2.05) is 31.2 Å². The Morgan fingerprint density at radius 2 is 1.95 bits per heavy atom. The van der Waals surface area contributed by atoms with Gasteiger partial charge in [-0.05, 0) is 12.5 Å². The summed E-state index contributed by atoms with van der Waals surface area (Å²) in [5.41, 5.74) is 1.47. The molecule has 0 aliphatic heterocycles. The van der Waals surface area contributed by atoms with Gasteiger partial charge in [0.2, 0.25) is 5.95 Å². The molecule has 1 amide bonds. The Hall–Kier alpha value is -2.63. The second-order valence-electron chi connectivity index (χ2n) is 4.72. The van der Waals surface area contributed by atoms with Crippen LogP contribution in [0.1, 0.15) is 29.3 Å². The van der Waals surface area contributed by atoms with E-state index in [1.165, 1.54) is 12.4 Å². The molecule has 0 bridgehead atoms. The summed E-state index contributed by atoms with van der Waals surface area (Å²) in [5.74, 6) is 1.13. The van der Waals surface area contributed by atoms with Crippen LogP contribution in [0.4, 0.5) is 5.95 Å². The largest absolute Gasteiger partial charge is 0.496 e. The number of nitrogens with one attached hydrogen (secondary N) is 2. The van der Waals surface area contributed by atoms with Crippen molar-refractivity contribution in [2.45, 2.75) is 19.9 Å². The predicted molar refractivity (Wildman–Crippen MR) is 85.0 cm³/mol. The number of methoxy groups -OCH3 is 1. The zero-order valence-corrected chi connectivity index (χ0v) is 12.8. The van der Waals surface area contributed by atoms with Crippen molar-refractivity contribution in [3.63, 3.8) is 0 Å². The number of carbonyl (C=O) groups is 1. The van der Waals surface area contributed by atoms with Crippen molar-refractivity contribution in [2.24, 2.45) is 0 Å². The molecule has 0 unspecified atom stereocenters. The summed E-state index contributed by atoms with van der Waals surface area (Å²) in [6.07, 6.45) is 3.93. The summed E-state index contributed by atoms with van der Waals surface area (Å²) in [6.45, 7) is 3.19. The molecule has 6 nitrogen and oxygen atoms in total. The van der Waals surface area contributed by atoms with E-state index >= 15 is 0 Å². The first kappa shape index (κ1) is 15.8. The highest BCUT2D eigenvalue weighted by molar-refractivity contribution is 5.93. The fourth-order valence-electron chi connectivity index (χ4n) is 1.90. The standard InChI is InChI=1S/C16H20N4O2/c1-3-8-17-15(21)13-10-19-16(20-11-13)18-9-12-6-4-5-7-14(12)22-2/h4-7,10-11H,3,8-9H2,1-2H3,(H,17,21)(H,18,19,20). The van der Waals surface area contributed by atoms with Gasteiger partial charge in [0, 0.05) is 31.0 Å². The molecule has 2 aromatic rings. The Labute approximate surface area is 129 Å². The molecular weight excluding hydrogens is 280 g/mol. The van der Waals surface area contributed by atoms with Crippen LogP contribution in [0.3, 0.4) is 0 Å². The van der Waals surface area contributed by atoms with E-state index in [1.54, 1.807) is 7.11 Å². The number of ether oxygens (including phenoxy) is 1. The number of carbonyl (C=O) groups excluding carboxylic acids is 1. The maximum absolute atomic E-state index is 11.7. The van der Waals surface area contributed by atoms with Crippen LogP contribution in [-0.2, 0) is 6.54 Å². The SMILES string of the molecule is CCCNC(=O)c1cnc(NCc2ccccc2OC)nc1. The normalized spacial score (nSPS) is 10.1. The molecule has 0 spiro atoms. The van der Waals surface area contributed by atoms with Crippen molar-refractivity contribution in [1.82, 2.24) is 15.3 Å². The molecule has 1 heterocycles. The minimum absolute atomic E-state index is 0.155. The van der Waals surface area contributed by atoms with Crippen LogP contribution < -0.4 is 15.4 Å². The minimum atomic E-state index is -0.155.